The number of benzene rings is 1. The number of nitrogen functional groups attached to an aromatic ring is 1. The van der Waals surface area contributed by atoms with Gasteiger partial charge in [-0.05, 0) is 56.0 Å². The Morgan fingerprint density at radius 2 is 2.19 bits per heavy atom. The van der Waals surface area contributed by atoms with Crippen LogP contribution in [0, 0.1) is 18.8 Å². The van der Waals surface area contributed by atoms with Crippen LogP contribution in [0.2, 0.25) is 0 Å². The van der Waals surface area contributed by atoms with E-state index in [1.807, 2.05) is 38.1 Å². The average Bonchev–Trinajstić information content (AvgIpc) is 3.44. The van der Waals surface area contributed by atoms with Gasteiger partial charge in [-0.2, -0.15) is 5.10 Å². The second-order valence-corrected chi connectivity index (χ2v) is 8.24. The van der Waals surface area contributed by atoms with Gasteiger partial charge < -0.3 is 20.8 Å². The van der Waals surface area contributed by atoms with Crippen LogP contribution in [0.1, 0.15) is 36.5 Å². The Balaban J connectivity index is 1.77. The van der Waals surface area contributed by atoms with Gasteiger partial charge >= 0.3 is 0 Å². The molecule has 1 amide bonds. The fraction of sp³-hybridized carbons (Fsp3) is 0.269. The molecule has 4 aromatic rings. The van der Waals surface area contributed by atoms with Crippen LogP contribution >= 0.6 is 0 Å². The van der Waals surface area contributed by atoms with Crippen LogP contribution in [-0.4, -0.2) is 55.9 Å². The molecule has 0 fully saturated rings. The average molecular weight is 485 g/mol. The van der Waals surface area contributed by atoms with E-state index in [9.17, 15) is 4.79 Å². The number of aromatic amines is 1. The first-order chi connectivity index (χ1) is 17.4. The SMILES string of the molecule is C=CC(=O)NC[C@H](C/C(=C/C)COC)n1nc(C#Cc2ccc3[nH]c(C)nc3c2)c2c(N)ncnc21. The largest absolute Gasteiger partial charge is 0.383 e. The number of rotatable bonds is 8. The van der Waals surface area contributed by atoms with Crippen molar-refractivity contribution in [3.63, 3.8) is 0 Å². The van der Waals surface area contributed by atoms with Gasteiger partial charge in [-0.25, -0.2) is 19.6 Å². The minimum Gasteiger partial charge on any atom is -0.383 e. The molecule has 0 unspecified atom stereocenters. The van der Waals surface area contributed by atoms with Crippen molar-refractivity contribution >= 4 is 33.8 Å². The van der Waals surface area contributed by atoms with Gasteiger partial charge in [0.25, 0.3) is 0 Å². The third-order valence-corrected chi connectivity index (χ3v) is 5.72. The van der Waals surface area contributed by atoms with E-state index in [0.29, 0.717) is 36.3 Å². The van der Waals surface area contributed by atoms with Crippen molar-refractivity contribution in [3.8, 4) is 11.8 Å². The van der Waals surface area contributed by atoms with Gasteiger partial charge in [0.1, 0.15) is 23.7 Å². The van der Waals surface area contributed by atoms with Crippen LogP contribution in [0.4, 0.5) is 5.82 Å². The van der Waals surface area contributed by atoms with Gasteiger partial charge in [0.05, 0.1) is 29.1 Å². The summed E-state index contributed by atoms with van der Waals surface area (Å²) in [5.41, 5.74) is 10.9. The summed E-state index contributed by atoms with van der Waals surface area (Å²) in [7, 11) is 1.64. The number of carbonyl (C=O) groups excluding carboxylic acids is 1. The molecule has 0 bridgehead atoms. The number of aromatic nitrogens is 6. The maximum atomic E-state index is 11.9. The van der Waals surface area contributed by atoms with Crippen molar-refractivity contribution in [2.75, 3.05) is 26.0 Å². The Labute approximate surface area is 208 Å². The van der Waals surface area contributed by atoms with Gasteiger partial charge in [-0.15, -0.1) is 0 Å². The summed E-state index contributed by atoms with van der Waals surface area (Å²) in [5, 5.41) is 8.20. The number of H-pyrrole nitrogens is 1. The molecule has 4 rings (SSSR count). The molecule has 3 heterocycles. The third-order valence-electron chi connectivity index (χ3n) is 5.72. The summed E-state index contributed by atoms with van der Waals surface area (Å²) in [5.74, 6) is 7.15. The molecule has 0 saturated heterocycles. The zero-order valence-corrected chi connectivity index (χ0v) is 20.5. The zero-order valence-electron chi connectivity index (χ0n) is 20.5. The van der Waals surface area contributed by atoms with Gasteiger partial charge in [-0.1, -0.05) is 18.6 Å². The van der Waals surface area contributed by atoms with Gasteiger partial charge in [0.2, 0.25) is 5.91 Å². The Kier molecular flexibility index (Phi) is 7.42. The Hall–Kier alpha value is -4.49. The molecule has 0 aliphatic heterocycles. The van der Waals surface area contributed by atoms with Gasteiger partial charge in [0, 0.05) is 19.2 Å². The predicted molar refractivity (Wildman–Crippen MR) is 139 cm³/mol. The Morgan fingerprint density at radius 1 is 1.36 bits per heavy atom. The molecule has 0 spiro atoms. The molecule has 0 aliphatic rings. The molecule has 36 heavy (non-hydrogen) atoms. The molecule has 3 aromatic heterocycles. The smallest absolute Gasteiger partial charge is 0.243 e. The van der Waals surface area contributed by atoms with E-state index in [2.05, 4.69) is 43.7 Å². The molecule has 184 valence electrons. The maximum absolute atomic E-state index is 11.9. The van der Waals surface area contributed by atoms with E-state index >= 15 is 0 Å². The number of anilines is 1. The van der Waals surface area contributed by atoms with Crippen molar-refractivity contribution in [1.29, 1.82) is 0 Å². The number of allylic oxidation sites excluding steroid dienone is 1. The number of nitrogens with two attached hydrogens (primary N) is 1. The number of hydrogen-bond donors (Lipinski definition) is 3. The molecule has 10 nitrogen and oxygen atoms in total. The van der Waals surface area contributed by atoms with E-state index in [-0.39, 0.29) is 17.8 Å². The lowest BCUT2D eigenvalue weighted by Gasteiger charge is -2.20. The van der Waals surface area contributed by atoms with Crippen LogP contribution < -0.4 is 11.1 Å². The van der Waals surface area contributed by atoms with Crippen molar-refractivity contribution in [1.82, 2.24) is 35.0 Å². The summed E-state index contributed by atoms with van der Waals surface area (Å²) in [6.45, 7) is 8.15. The molecule has 0 radical (unpaired) electrons. The predicted octanol–water partition coefficient (Wildman–Crippen LogP) is 2.82. The monoisotopic (exact) mass is 484 g/mol. The topological polar surface area (TPSA) is 137 Å². The fourth-order valence-electron chi connectivity index (χ4n) is 3.96. The third kappa shape index (κ3) is 5.26. The first kappa shape index (κ1) is 24.6. The number of nitrogens with one attached hydrogen (secondary N) is 2. The number of nitrogens with zero attached hydrogens (tertiary/aromatic N) is 5. The Morgan fingerprint density at radius 3 is 2.94 bits per heavy atom. The number of fused-ring (bicyclic) bond motifs is 2. The van der Waals surface area contributed by atoms with E-state index in [1.165, 1.54) is 12.4 Å². The lowest BCUT2D eigenvalue weighted by molar-refractivity contribution is -0.116. The Bertz CT molecular complexity index is 1520. The zero-order chi connectivity index (χ0) is 25.7. The second kappa shape index (κ2) is 10.8. The lowest BCUT2D eigenvalue weighted by atomic mass is 10.1. The first-order valence-corrected chi connectivity index (χ1v) is 11.4. The second-order valence-electron chi connectivity index (χ2n) is 8.24. The van der Waals surface area contributed by atoms with E-state index in [0.717, 1.165) is 28.0 Å². The summed E-state index contributed by atoms with van der Waals surface area (Å²) >= 11 is 0. The van der Waals surface area contributed by atoms with Crippen LogP contribution in [-0.2, 0) is 9.53 Å². The highest BCUT2D eigenvalue weighted by atomic mass is 16.5. The number of methoxy groups -OCH3 is 1. The lowest BCUT2D eigenvalue weighted by Crippen LogP contribution is -2.30. The number of amides is 1. The number of aryl methyl sites for hydroxylation is 1. The van der Waals surface area contributed by atoms with Crippen molar-refractivity contribution < 1.29 is 9.53 Å². The highest BCUT2D eigenvalue weighted by Crippen LogP contribution is 2.26. The number of ether oxygens (including phenoxy) is 1. The molecule has 1 atom stereocenters. The summed E-state index contributed by atoms with van der Waals surface area (Å²) in [4.78, 5) is 28.2. The number of imidazole rings is 1. The van der Waals surface area contributed by atoms with E-state index < -0.39 is 0 Å². The standard InChI is InChI=1S/C26H28N8O2/c1-5-17(14-36-4)11-19(13-28-23(35)6-2)34-26-24(25(27)29-15-30-26)21(33-34)10-8-18-7-9-20-22(12-18)32-16(3)31-20/h5-7,9,12,15,19H,2,11,13-14H2,1,3-4H3,(H,28,35)(H,31,32)(H2,27,29,30)/b17-5-/t19-/m0/s1. The summed E-state index contributed by atoms with van der Waals surface area (Å²) < 4.78 is 7.08. The highest BCUT2D eigenvalue weighted by Gasteiger charge is 2.22. The molecule has 4 N–H and O–H groups in total. The van der Waals surface area contributed by atoms with Crippen molar-refractivity contribution in [2.24, 2.45) is 0 Å². The van der Waals surface area contributed by atoms with E-state index in [1.54, 1.807) is 11.8 Å². The molecule has 10 heteroatoms. The molecular weight excluding hydrogens is 456 g/mol. The highest BCUT2D eigenvalue weighted by molar-refractivity contribution is 5.91. The quantitative estimate of drug-likeness (QED) is 0.199. The van der Waals surface area contributed by atoms with Crippen molar-refractivity contribution in [3.05, 3.63) is 65.9 Å². The van der Waals surface area contributed by atoms with Crippen LogP contribution in [0.3, 0.4) is 0 Å². The minimum atomic E-state index is -0.275. The van der Waals surface area contributed by atoms with Crippen LogP contribution in [0.25, 0.3) is 22.1 Å². The first-order valence-electron chi connectivity index (χ1n) is 11.4. The minimum absolute atomic E-state index is 0.272. The van der Waals surface area contributed by atoms with Gasteiger partial charge in [-0.3, -0.25) is 4.79 Å². The van der Waals surface area contributed by atoms with Gasteiger partial charge in [0.15, 0.2) is 5.65 Å². The number of carbonyl (C=O) groups is 1. The normalized spacial score (nSPS) is 12.4. The van der Waals surface area contributed by atoms with Crippen molar-refractivity contribution in [2.45, 2.75) is 26.3 Å². The summed E-state index contributed by atoms with van der Waals surface area (Å²) in [6.07, 6.45) is 5.20. The molecule has 0 saturated carbocycles. The summed E-state index contributed by atoms with van der Waals surface area (Å²) in [6, 6.07) is 5.51. The molecule has 1 aromatic carbocycles. The molecular formula is C26H28N8O2. The van der Waals surface area contributed by atoms with Crippen LogP contribution in [0.5, 0.6) is 0 Å². The fourth-order valence-corrected chi connectivity index (χ4v) is 3.96. The van der Waals surface area contributed by atoms with Crippen LogP contribution in [0.15, 0.2) is 48.8 Å². The van der Waals surface area contributed by atoms with E-state index in [4.69, 9.17) is 15.6 Å². The maximum Gasteiger partial charge on any atom is 0.243 e. The molecule has 0 aliphatic carbocycles. The number of hydrogen-bond acceptors (Lipinski definition) is 7.